The van der Waals surface area contributed by atoms with Crippen molar-refractivity contribution in [3.8, 4) is 0 Å². The predicted molar refractivity (Wildman–Crippen MR) is 50.8 cm³/mol. The van der Waals surface area contributed by atoms with Crippen molar-refractivity contribution in [1.29, 1.82) is 0 Å². The topological polar surface area (TPSA) is 57.6 Å². The zero-order valence-electron chi connectivity index (χ0n) is 8.10. The Morgan fingerprint density at radius 1 is 1.62 bits per heavy atom. The minimum atomic E-state index is -3.06. The van der Waals surface area contributed by atoms with Crippen LogP contribution in [0.2, 0.25) is 0 Å². The largest absolute Gasteiger partial charge is 0.396 e. The molecule has 0 spiro atoms. The fraction of sp³-hybridized carbons (Fsp3) is 1.00. The molecule has 2 atom stereocenters. The van der Waals surface area contributed by atoms with E-state index < -0.39 is 10.0 Å². The van der Waals surface area contributed by atoms with E-state index in [9.17, 15) is 8.42 Å². The molecular weight excluding hydrogens is 190 g/mol. The summed E-state index contributed by atoms with van der Waals surface area (Å²) in [4.78, 5) is 0. The Hall–Kier alpha value is -0.130. The van der Waals surface area contributed by atoms with Crippen LogP contribution in [0.15, 0.2) is 0 Å². The number of hydrogen-bond acceptors (Lipinski definition) is 3. The minimum Gasteiger partial charge on any atom is -0.396 e. The molecular formula is C8H17NO3S. The van der Waals surface area contributed by atoms with Crippen molar-refractivity contribution in [2.75, 3.05) is 19.4 Å². The quantitative estimate of drug-likeness (QED) is 0.708. The summed E-state index contributed by atoms with van der Waals surface area (Å²) in [6.45, 7) is 2.66. The van der Waals surface area contributed by atoms with Crippen molar-refractivity contribution in [3.63, 3.8) is 0 Å². The monoisotopic (exact) mass is 207 g/mol. The van der Waals surface area contributed by atoms with Crippen molar-refractivity contribution in [2.45, 2.75) is 25.8 Å². The van der Waals surface area contributed by atoms with Crippen LogP contribution in [0.5, 0.6) is 0 Å². The third-order valence-corrected chi connectivity index (χ3v) is 4.05. The van der Waals surface area contributed by atoms with Gasteiger partial charge in [0.15, 0.2) is 0 Å². The lowest BCUT2D eigenvalue weighted by atomic mass is 9.90. The molecule has 0 aromatic heterocycles. The lowest BCUT2D eigenvalue weighted by Crippen LogP contribution is -2.54. The number of aliphatic hydroxyl groups is 1. The highest BCUT2D eigenvalue weighted by molar-refractivity contribution is 7.88. The zero-order valence-corrected chi connectivity index (χ0v) is 8.92. The lowest BCUT2D eigenvalue weighted by Gasteiger charge is -2.42. The first-order valence-electron chi connectivity index (χ1n) is 4.58. The summed E-state index contributed by atoms with van der Waals surface area (Å²) in [5.41, 5.74) is 0. The highest BCUT2D eigenvalue weighted by atomic mass is 32.2. The first-order chi connectivity index (χ1) is 6.00. The third kappa shape index (κ3) is 2.21. The minimum absolute atomic E-state index is 0.0324. The molecule has 5 heteroatoms. The van der Waals surface area contributed by atoms with Gasteiger partial charge in [0.05, 0.1) is 6.26 Å². The van der Waals surface area contributed by atoms with Gasteiger partial charge in [0.25, 0.3) is 0 Å². The van der Waals surface area contributed by atoms with Crippen molar-refractivity contribution in [1.82, 2.24) is 4.31 Å². The summed E-state index contributed by atoms with van der Waals surface area (Å²) >= 11 is 0. The normalized spacial score (nSPS) is 26.8. The van der Waals surface area contributed by atoms with Crippen LogP contribution in [-0.4, -0.2) is 43.3 Å². The van der Waals surface area contributed by atoms with E-state index in [4.69, 9.17) is 5.11 Å². The molecule has 1 rings (SSSR count). The van der Waals surface area contributed by atoms with Gasteiger partial charge in [-0.1, -0.05) is 6.92 Å². The van der Waals surface area contributed by atoms with E-state index in [-0.39, 0.29) is 18.6 Å². The Bertz CT molecular complexity index is 259. The van der Waals surface area contributed by atoms with Gasteiger partial charge in [-0.25, -0.2) is 8.42 Å². The number of aliphatic hydroxyl groups excluding tert-OH is 1. The molecule has 2 unspecified atom stereocenters. The molecule has 0 radical (unpaired) electrons. The van der Waals surface area contributed by atoms with E-state index in [1.165, 1.54) is 10.6 Å². The van der Waals surface area contributed by atoms with E-state index in [0.717, 1.165) is 12.8 Å². The van der Waals surface area contributed by atoms with Crippen molar-refractivity contribution < 1.29 is 13.5 Å². The van der Waals surface area contributed by atoms with Crippen LogP contribution in [0.4, 0.5) is 0 Å². The zero-order chi connectivity index (χ0) is 10.1. The maximum atomic E-state index is 11.2. The number of rotatable bonds is 4. The van der Waals surface area contributed by atoms with Crippen molar-refractivity contribution in [3.05, 3.63) is 0 Å². The smallest absolute Gasteiger partial charge is 0.211 e. The van der Waals surface area contributed by atoms with Crippen LogP contribution < -0.4 is 0 Å². The van der Waals surface area contributed by atoms with Gasteiger partial charge in [-0.05, 0) is 18.8 Å². The van der Waals surface area contributed by atoms with Crippen molar-refractivity contribution in [2.24, 2.45) is 5.92 Å². The average Bonchev–Trinajstić information content (AvgIpc) is 1.93. The second-order valence-corrected chi connectivity index (χ2v) is 5.52. The van der Waals surface area contributed by atoms with Gasteiger partial charge in [0.2, 0.25) is 10.0 Å². The summed E-state index contributed by atoms with van der Waals surface area (Å²) in [6.07, 6.45) is 2.93. The van der Waals surface area contributed by atoms with Gasteiger partial charge in [-0.15, -0.1) is 0 Å². The lowest BCUT2D eigenvalue weighted by molar-refractivity contribution is 0.0856. The molecule has 0 aromatic carbocycles. The molecule has 1 heterocycles. The summed E-state index contributed by atoms with van der Waals surface area (Å²) in [6, 6.07) is 0.0324. The van der Waals surface area contributed by atoms with Crippen LogP contribution in [0.25, 0.3) is 0 Å². The van der Waals surface area contributed by atoms with Crippen LogP contribution in [0, 0.1) is 5.92 Å². The van der Waals surface area contributed by atoms with Crippen LogP contribution in [0.3, 0.4) is 0 Å². The summed E-state index contributed by atoms with van der Waals surface area (Å²) in [5.74, 6) is 0.100. The standard InChI is InChI=1S/C8H17NO3S/c1-3-7(6-10)8-4-5-9(8)13(2,11)12/h7-8,10H,3-6H2,1-2H3. The van der Waals surface area contributed by atoms with Crippen LogP contribution in [-0.2, 0) is 10.0 Å². The van der Waals surface area contributed by atoms with Gasteiger partial charge >= 0.3 is 0 Å². The molecule has 78 valence electrons. The molecule has 13 heavy (non-hydrogen) atoms. The average molecular weight is 207 g/mol. The molecule has 0 aromatic rings. The fourth-order valence-corrected chi connectivity index (χ4v) is 3.00. The van der Waals surface area contributed by atoms with Gasteiger partial charge in [-0.2, -0.15) is 4.31 Å². The molecule has 1 aliphatic heterocycles. The number of nitrogens with zero attached hydrogens (tertiary/aromatic N) is 1. The van der Waals surface area contributed by atoms with Gasteiger partial charge < -0.3 is 5.11 Å². The highest BCUT2D eigenvalue weighted by Crippen LogP contribution is 2.28. The molecule has 1 fully saturated rings. The van der Waals surface area contributed by atoms with Crippen LogP contribution in [0.1, 0.15) is 19.8 Å². The van der Waals surface area contributed by atoms with E-state index in [1.54, 1.807) is 0 Å². The van der Waals surface area contributed by atoms with Gasteiger partial charge in [-0.3, -0.25) is 0 Å². The SMILES string of the molecule is CCC(CO)C1CCN1S(C)(=O)=O. The second kappa shape index (κ2) is 3.94. The number of sulfonamides is 1. The Kier molecular flexibility index (Phi) is 3.32. The second-order valence-electron chi connectivity index (χ2n) is 3.58. The molecule has 0 saturated carbocycles. The third-order valence-electron chi connectivity index (χ3n) is 2.74. The number of hydrogen-bond donors (Lipinski definition) is 1. The molecule has 4 nitrogen and oxygen atoms in total. The Morgan fingerprint density at radius 2 is 2.23 bits per heavy atom. The molecule has 0 aliphatic carbocycles. The fourth-order valence-electron chi connectivity index (χ4n) is 1.79. The molecule has 1 saturated heterocycles. The Balaban J connectivity index is 2.64. The predicted octanol–water partition coefficient (Wildman–Crippen LogP) is 0.0388. The van der Waals surface area contributed by atoms with Gasteiger partial charge in [0, 0.05) is 19.2 Å². The molecule has 1 aliphatic rings. The highest BCUT2D eigenvalue weighted by Gasteiger charge is 2.38. The summed E-state index contributed by atoms with van der Waals surface area (Å²) in [5, 5.41) is 9.02. The summed E-state index contributed by atoms with van der Waals surface area (Å²) < 4.78 is 23.9. The first kappa shape index (κ1) is 10.9. The summed E-state index contributed by atoms with van der Waals surface area (Å²) in [7, 11) is -3.06. The van der Waals surface area contributed by atoms with E-state index in [2.05, 4.69) is 0 Å². The Morgan fingerprint density at radius 3 is 2.46 bits per heavy atom. The van der Waals surface area contributed by atoms with E-state index >= 15 is 0 Å². The maximum Gasteiger partial charge on any atom is 0.211 e. The first-order valence-corrected chi connectivity index (χ1v) is 6.43. The van der Waals surface area contributed by atoms with Crippen molar-refractivity contribution >= 4 is 10.0 Å². The molecule has 0 amide bonds. The van der Waals surface area contributed by atoms with Crippen LogP contribution >= 0.6 is 0 Å². The Labute approximate surface area is 79.6 Å². The van der Waals surface area contributed by atoms with Gasteiger partial charge in [0.1, 0.15) is 0 Å². The molecule has 0 bridgehead atoms. The van der Waals surface area contributed by atoms with E-state index in [0.29, 0.717) is 6.54 Å². The van der Waals surface area contributed by atoms with E-state index in [1.807, 2.05) is 6.92 Å². The maximum absolute atomic E-state index is 11.2. The molecule has 1 N–H and O–H groups in total.